The number of nitrogens with zero attached hydrogens (tertiary/aromatic N) is 2. The van der Waals surface area contributed by atoms with Gasteiger partial charge in [0, 0.05) is 32.4 Å². The van der Waals surface area contributed by atoms with Crippen LogP contribution in [0.25, 0.3) is 0 Å². The molecule has 0 unspecified atom stereocenters. The van der Waals surface area contributed by atoms with Crippen LogP contribution in [0, 0.1) is 0 Å². The number of aromatic nitrogens is 2. The quantitative estimate of drug-likeness (QED) is 0.674. The number of carbonyl (C=O) groups is 1. The van der Waals surface area contributed by atoms with Crippen molar-refractivity contribution in [3.63, 3.8) is 0 Å². The molecule has 0 atom stereocenters. The van der Waals surface area contributed by atoms with E-state index in [2.05, 4.69) is 16.9 Å². The maximum Gasteiger partial charge on any atom is 0.243 e. The summed E-state index contributed by atoms with van der Waals surface area (Å²) in [4.78, 5) is 14.9. The second kappa shape index (κ2) is 4.45. The van der Waals surface area contributed by atoms with Gasteiger partial charge in [-0.2, -0.15) is 0 Å². The summed E-state index contributed by atoms with van der Waals surface area (Å²) in [7, 11) is 1.93. The number of carbonyl (C=O) groups excluding carboxylic acids is 1. The van der Waals surface area contributed by atoms with Crippen LogP contribution in [0.5, 0.6) is 0 Å². The highest BCUT2D eigenvalue weighted by atomic mass is 16.1. The summed E-state index contributed by atoms with van der Waals surface area (Å²) in [6.07, 6.45) is 5.62. The van der Waals surface area contributed by atoms with Crippen LogP contribution in [-0.4, -0.2) is 22.0 Å². The van der Waals surface area contributed by atoms with Gasteiger partial charge in [-0.3, -0.25) is 4.79 Å². The van der Waals surface area contributed by atoms with Crippen molar-refractivity contribution in [1.82, 2.24) is 14.9 Å². The minimum absolute atomic E-state index is 0.144. The third-order valence-corrected chi connectivity index (χ3v) is 1.75. The van der Waals surface area contributed by atoms with E-state index in [0.717, 1.165) is 12.2 Å². The van der Waals surface area contributed by atoms with E-state index in [1.807, 2.05) is 17.8 Å². The predicted octanol–water partition coefficient (Wildman–Crippen LogP) is 0.265. The van der Waals surface area contributed by atoms with Crippen molar-refractivity contribution in [1.29, 1.82) is 0 Å². The van der Waals surface area contributed by atoms with E-state index in [9.17, 15) is 4.79 Å². The zero-order valence-corrected chi connectivity index (χ0v) is 7.66. The number of nitrogens with one attached hydrogen (secondary N) is 1. The van der Waals surface area contributed by atoms with Gasteiger partial charge in [0.25, 0.3) is 0 Å². The topological polar surface area (TPSA) is 46.9 Å². The largest absolute Gasteiger partial charge is 0.352 e. The van der Waals surface area contributed by atoms with Crippen LogP contribution in [0.15, 0.2) is 25.0 Å². The van der Waals surface area contributed by atoms with Gasteiger partial charge in [0.2, 0.25) is 5.91 Å². The molecular weight excluding hydrogens is 166 g/mol. The van der Waals surface area contributed by atoms with E-state index in [-0.39, 0.29) is 5.91 Å². The molecule has 0 aliphatic carbocycles. The highest BCUT2D eigenvalue weighted by Crippen LogP contribution is 1.93. The highest BCUT2D eigenvalue weighted by Gasteiger charge is 1.99. The molecule has 0 spiro atoms. The van der Waals surface area contributed by atoms with E-state index in [0.29, 0.717) is 6.54 Å². The first kappa shape index (κ1) is 9.51. The zero-order chi connectivity index (χ0) is 9.68. The highest BCUT2D eigenvalue weighted by molar-refractivity contribution is 5.86. The Hall–Kier alpha value is -1.58. The van der Waals surface area contributed by atoms with Gasteiger partial charge in [-0.15, -0.1) is 0 Å². The minimum atomic E-state index is -0.144. The second-order valence-corrected chi connectivity index (χ2v) is 2.70. The van der Waals surface area contributed by atoms with E-state index < -0.39 is 0 Å². The SMILES string of the molecule is C=CC(=O)NCCc1nccn1C. The Kier molecular flexibility index (Phi) is 3.25. The molecule has 1 heterocycles. The molecule has 0 fully saturated rings. The molecule has 1 rings (SSSR count). The summed E-state index contributed by atoms with van der Waals surface area (Å²) in [5.41, 5.74) is 0. The van der Waals surface area contributed by atoms with E-state index in [1.54, 1.807) is 6.20 Å². The molecule has 0 saturated carbocycles. The monoisotopic (exact) mass is 179 g/mol. The number of amides is 1. The fourth-order valence-electron chi connectivity index (χ4n) is 1.01. The number of hydrogen-bond donors (Lipinski definition) is 1. The number of hydrogen-bond acceptors (Lipinski definition) is 2. The lowest BCUT2D eigenvalue weighted by Gasteiger charge is -2.02. The second-order valence-electron chi connectivity index (χ2n) is 2.70. The van der Waals surface area contributed by atoms with Crippen molar-refractivity contribution < 1.29 is 4.79 Å². The van der Waals surface area contributed by atoms with Crippen molar-refractivity contribution in [3.8, 4) is 0 Å². The Labute approximate surface area is 77.3 Å². The molecule has 0 aromatic carbocycles. The fraction of sp³-hybridized carbons (Fsp3) is 0.333. The summed E-state index contributed by atoms with van der Waals surface area (Å²) >= 11 is 0. The summed E-state index contributed by atoms with van der Waals surface area (Å²) in [5, 5.41) is 2.69. The van der Waals surface area contributed by atoms with Gasteiger partial charge in [-0.1, -0.05) is 6.58 Å². The maximum atomic E-state index is 10.8. The van der Waals surface area contributed by atoms with Crippen LogP contribution in [0.1, 0.15) is 5.82 Å². The standard InChI is InChI=1S/C9H13N3O/c1-3-9(13)11-5-4-8-10-6-7-12(8)2/h3,6-7H,1,4-5H2,2H3,(H,11,13). The van der Waals surface area contributed by atoms with Crippen molar-refractivity contribution in [3.05, 3.63) is 30.9 Å². The Morgan fingerprint density at radius 1 is 1.85 bits per heavy atom. The maximum absolute atomic E-state index is 10.8. The van der Waals surface area contributed by atoms with Crippen LogP contribution in [0.3, 0.4) is 0 Å². The first-order valence-electron chi connectivity index (χ1n) is 4.10. The summed E-state index contributed by atoms with van der Waals surface area (Å²) < 4.78 is 1.93. The van der Waals surface area contributed by atoms with Crippen molar-refractivity contribution >= 4 is 5.91 Å². The van der Waals surface area contributed by atoms with Crippen molar-refractivity contribution in [2.75, 3.05) is 6.54 Å². The normalized spacial score (nSPS) is 9.62. The molecule has 1 aromatic heterocycles. The molecule has 70 valence electrons. The molecule has 0 radical (unpaired) electrons. The Balaban J connectivity index is 2.32. The van der Waals surface area contributed by atoms with E-state index >= 15 is 0 Å². The molecule has 0 aliphatic rings. The van der Waals surface area contributed by atoms with Gasteiger partial charge in [-0.05, 0) is 6.08 Å². The molecule has 1 amide bonds. The molecule has 1 N–H and O–H groups in total. The summed E-state index contributed by atoms with van der Waals surface area (Å²) in [6.45, 7) is 3.95. The van der Waals surface area contributed by atoms with Gasteiger partial charge >= 0.3 is 0 Å². The van der Waals surface area contributed by atoms with Gasteiger partial charge in [0.1, 0.15) is 5.82 Å². The predicted molar refractivity (Wildman–Crippen MR) is 50.1 cm³/mol. The van der Waals surface area contributed by atoms with Crippen LogP contribution >= 0.6 is 0 Å². The molecule has 13 heavy (non-hydrogen) atoms. The van der Waals surface area contributed by atoms with Crippen molar-refractivity contribution in [2.45, 2.75) is 6.42 Å². The fourth-order valence-corrected chi connectivity index (χ4v) is 1.01. The van der Waals surface area contributed by atoms with Crippen LogP contribution in [-0.2, 0) is 18.3 Å². The lowest BCUT2D eigenvalue weighted by Crippen LogP contribution is -2.24. The van der Waals surface area contributed by atoms with E-state index in [1.165, 1.54) is 6.08 Å². The number of rotatable bonds is 4. The average molecular weight is 179 g/mol. The van der Waals surface area contributed by atoms with Gasteiger partial charge in [0.05, 0.1) is 0 Å². The Morgan fingerprint density at radius 3 is 3.15 bits per heavy atom. The summed E-state index contributed by atoms with van der Waals surface area (Å²) in [6, 6.07) is 0. The lowest BCUT2D eigenvalue weighted by atomic mass is 10.4. The van der Waals surface area contributed by atoms with Crippen LogP contribution < -0.4 is 5.32 Å². The third-order valence-electron chi connectivity index (χ3n) is 1.75. The summed E-state index contributed by atoms with van der Waals surface area (Å²) in [5.74, 6) is 0.818. The third kappa shape index (κ3) is 2.74. The molecule has 0 saturated heterocycles. The zero-order valence-electron chi connectivity index (χ0n) is 7.66. The molecule has 1 aromatic rings. The number of imidazole rings is 1. The first-order chi connectivity index (χ1) is 6.24. The van der Waals surface area contributed by atoms with Crippen molar-refractivity contribution in [2.24, 2.45) is 7.05 Å². The molecule has 0 bridgehead atoms. The Morgan fingerprint density at radius 2 is 2.62 bits per heavy atom. The van der Waals surface area contributed by atoms with Crippen LogP contribution in [0.4, 0.5) is 0 Å². The van der Waals surface area contributed by atoms with Gasteiger partial charge in [0.15, 0.2) is 0 Å². The van der Waals surface area contributed by atoms with E-state index in [4.69, 9.17) is 0 Å². The van der Waals surface area contributed by atoms with Crippen LogP contribution in [0.2, 0.25) is 0 Å². The first-order valence-corrected chi connectivity index (χ1v) is 4.10. The molecule has 4 heteroatoms. The smallest absolute Gasteiger partial charge is 0.243 e. The Bertz CT molecular complexity index is 304. The van der Waals surface area contributed by atoms with Gasteiger partial charge in [-0.25, -0.2) is 4.98 Å². The average Bonchev–Trinajstić information content (AvgIpc) is 2.52. The molecule has 4 nitrogen and oxygen atoms in total. The number of aryl methyl sites for hydroxylation is 1. The minimum Gasteiger partial charge on any atom is -0.352 e. The molecular formula is C9H13N3O. The molecule has 0 aliphatic heterocycles. The van der Waals surface area contributed by atoms with Gasteiger partial charge < -0.3 is 9.88 Å². The lowest BCUT2D eigenvalue weighted by molar-refractivity contribution is -0.116.